The number of nitrogens with one attached hydrogen (secondary N) is 1. The number of aliphatic hydroxyl groups is 2. The van der Waals surface area contributed by atoms with Gasteiger partial charge in [0.05, 0.1) is 25.4 Å². The van der Waals surface area contributed by atoms with Gasteiger partial charge in [0, 0.05) is 12.8 Å². The topological polar surface area (TPSA) is 95.9 Å². The molecule has 0 rings (SSSR count). The molecule has 0 aliphatic carbocycles. The SMILES string of the molecule is CCCCCCCCCCCCCCCCCCCCCCCCCCC(O)C(CO)NC(=O)CCCCCCCCCCCCCCC/C=C\C/C=C\CCCCCCCCCCCOC(=O)CCCCCCCCCCCCCC. The van der Waals surface area contributed by atoms with E-state index < -0.39 is 12.1 Å². The highest BCUT2D eigenvalue weighted by Gasteiger charge is 2.20. The molecule has 0 heterocycles. The number of ether oxygens (including phenoxy) is 1. The van der Waals surface area contributed by atoms with E-state index in [-0.39, 0.29) is 18.5 Å². The van der Waals surface area contributed by atoms with Crippen LogP contribution in [-0.2, 0) is 14.3 Å². The van der Waals surface area contributed by atoms with Gasteiger partial charge in [0.15, 0.2) is 0 Å². The Hall–Kier alpha value is -1.66. The molecule has 0 aromatic rings. The minimum Gasteiger partial charge on any atom is -0.466 e. The van der Waals surface area contributed by atoms with Crippen molar-refractivity contribution in [3.05, 3.63) is 24.3 Å². The number of allylic oxidation sites excluding steroid dienone is 4. The lowest BCUT2D eigenvalue weighted by Gasteiger charge is -2.22. The predicted molar refractivity (Wildman–Crippen MR) is 361 cm³/mol. The van der Waals surface area contributed by atoms with Crippen LogP contribution in [0.5, 0.6) is 0 Å². The van der Waals surface area contributed by atoms with E-state index >= 15 is 0 Å². The molecular weight excluding hydrogens is 1010 g/mol. The molecule has 0 aliphatic rings. The van der Waals surface area contributed by atoms with Gasteiger partial charge >= 0.3 is 5.97 Å². The maximum absolute atomic E-state index is 12.6. The molecule has 1 amide bonds. The van der Waals surface area contributed by atoms with Crippen LogP contribution in [0, 0.1) is 0 Å². The lowest BCUT2D eigenvalue weighted by molar-refractivity contribution is -0.143. The highest BCUT2D eigenvalue weighted by atomic mass is 16.5. The molecule has 2 unspecified atom stereocenters. The Morgan fingerprint density at radius 1 is 0.341 bits per heavy atom. The maximum Gasteiger partial charge on any atom is 0.305 e. The number of amides is 1. The zero-order valence-electron chi connectivity index (χ0n) is 55.8. The Morgan fingerprint density at radius 2 is 0.610 bits per heavy atom. The second kappa shape index (κ2) is 71.8. The normalized spacial score (nSPS) is 12.6. The fourth-order valence-corrected chi connectivity index (χ4v) is 12.0. The van der Waals surface area contributed by atoms with Gasteiger partial charge in [-0.15, -0.1) is 0 Å². The van der Waals surface area contributed by atoms with Crippen LogP contribution >= 0.6 is 0 Å². The van der Waals surface area contributed by atoms with Crippen molar-refractivity contribution in [2.75, 3.05) is 13.2 Å². The summed E-state index contributed by atoms with van der Waals surface area (Å²) in [4.78, 5) is 24.6. The van der Waals surface area contributed by atoms with E-state index in [9.17, 15) is 19.8 Å². The maximum atomic E-state index is 12.6. The fourth-order valence-electron chi connectivity index (χ4n) is 12.0. The first-order valence-corrected chi connectivity index (χ1v) is 37.6. The first-order valence-electron chi connectivity index (χ1n) is 37.6. The molecule has 486 valence electrons. The van der Waals surface area contributed by atoms with E-state index in [0.29, 0.717) is 25.9 Å². The summed E-state index contributed by atoms with van der Waals surface area (Å²) in [6.45, 7) is 4.99. The summed E-state index contributed by atoms with van der Waals surface area (Å²) in [6.07, 6.45) is 91.0. The molecule has 6 nitrogen and oxygen atoms in total. The summed E-state index contributed by atoms with van der Waals surface area (Å²) in [5, 5.41) is 23.5. The van der Waals surface area contributed by atoms with Crippen molar-refractivity contribution in [3.63, 3.8) is 0 Å². The van der Waals surface area contributed by atoms with Gasteiger partial charge in [0.25, 0.3) is 0 Å². The number of hydrogen-bond donors (Lipinski definition) is 3. The number of unbranched alkanes of at least 4 members (excludes halogenated alkanes) is 56. The zero-order valence-corrected chi connectivity index (χ0v) is 55.8. The van der Waals surface area contributed by atoms with Crippen molar-refractivity contribution < 1.29 is 24.5 Å². The number of aliphatic hydroxyl groups excluding tert-OH is 2. The molecule has 0 saturated carbocycles. The van der Waals surface area contributed by atoms with Gasteiger partial charge < -0.3 is 20.3 Å². The Kier molecular flexibility index (Phi) is 70.4. The largest absolute Gasteiger partial charge is 0.466 e. The summed E-state index contributed by atoms with van der Waals surface area (Å²) in [6, 6.07) is -0.544. The van der Waals surface area contributed by atoms with E-state index in [4.69, 9.17) is 4.74 Å². The Balaban J connectivity index is 3.40. The standard InChI is InChI=1S/C76H147NO5/c1-3-5-7-9-11-13-15-17-18-19-20-21-22-30-33-36-39-42-45-48-52-56-60-64-68-74(79)73(72-78)77-75(80)69-65-61-57-53-49-46-43-40-37-34-31-28-26-24-23-25-27-29-32-35-38-41-44-47-51-55-59-63-67-71-82-76(81)70-66-62-58-54-50-16-14-12-10-8-6-4-2/h23,25,29,32,73-74,78-79H,3-22,24,26-28,30-31,33-72H2,1-2H3,(H,77,80)/b25-23-,32-29-. The summed E-state index contributed by atoms with van der Waals surface area (Å²) < 4.78 is 5.48. The van der Waals surface area contributed by atoms with Crippen molar-refractivity contribution in [1.82, 2.24) is 5.32 Å². The average Bonchev–Trinajstić information content (AvgIpc) is 3.48. The monoisotopic (exact) mass is 1150 g/mol. The minimum atomic E-state index is -0.666. The van der Waals surface area contributed by atoms with Crippen LogP contribution in [0.1, 0.15) is 425 Å². The Morgan fingerprint density at radius 3 is 0.927 bits per heavy atom. The molecule has 0 aromatic carbocycles. The zero-order chi connectivity index (χ0) is 59.2. The number of esters is 1. The predicted octanol–water partition coefficient (Wildman–Crippen LogP) is 24.5. The van der Waals surface area contributed by atoms with Crippen LogP contribution in [0.2, 0.25) is 0 Å². The third kappa shape index (κ3) is 67.5. The van der Waals surface area contributed by atoms with E-state index in [1.54, 1.807) is 0 Å². The van der Waals surface area contributed by atoms with E-state index in [1.807, 2.05) is 0 Å². The van der Waals surface area contributed by atoms with Crippen LogP contribution in [-0.4, -0.2) is 47.4 Å². The third-order valence-electron chi connectivity index (χ3n) is 17.8. The van der Waals surface area contributed by atoms with Crippen LogP contribution in [0.15, 0.2) is 24.3 Å². The highest BCUT2D eigenvalue weighted by molar-refractivity contribution is 5.76. The number of carbonyl (C=O) groups excluding carboxylic acids is 2. The van der Waals surface area contributed by atoms with Crippen LogP contribution in [0.25, 0.3) is 0 Å². The average molecular weight is 1160 g/mol. The summed E-state index contributed by atoms with van der Waals surface area (Å²) in [7, 11) is 0. The molecule has 2 atom stereocenters. The second-order valence-electron chi connectivity index (χ2n) is 26.0. The quantitative estimate of drug-likeness (QED) is 0.0320. The van der Waals surface area contributed by atoms with Gasteiger partial charge in [-0.05, 0) is 57.8 Å². The molecule has 82 heavy (non-hydrogen) atoms. The molecule has 3 N–H and O–H groups in total. The molecular formula is C76H147NO5. The van der Waals surface area contributed by atoms with Crippen LogP contribution in [0.3, 0.4) is 0 Å². The van der Waals surface area contributed by atoms with Crippen LogP contribution < -0.4 is 5.32 Å². The second-order valence-corrected chi connectivity index (χ2v) is 26.0. The molecule has 0 saturated heterocycles. The van der Waals surface area contributed by atoms with Gasteiger partial charge in [0.2, 0.25) is 5.91 Å². The molecule has 0 bridgehead atoms. The molecule has 0 spiro atoms. The van der Waals surface area contributed by atoms with Gasteiger partial charge in [-0.25, -0.2) is 0 Å². The Bertz CT molecular complexity index is 1280. The number of carbonyl (C=O) groups is 2. The molecule has 0 fully saturated rings. The van der Waals surface area contributed by atoms with Gasteiger partial charge in [-0.1, -0.05) is 378 Å². The van der Waals surface area contributed by atoms with E-state index in [0.717, 1.165) is 44.9 Å². The van der Waals surface area contributed by atoms with Crippen molar-refractivity contribution >= 4 is 11.9 Å². The van der Waals surface area contributed by atoms with Crippen molar-refractivity contribution in [2.45, 2.75) is 437 Å². The number of rotatable bonds is 71. The number of hydrogen-bond acceptors (Lipinski definition) is 5. The molecule has 0 aliphatic heterocycles. The van der Waals surface area contributed by atoms with Crippen molar-refractivity contribution in [2.24, 2.45) is 0 Å². The minimum absolute atomic E-state index is 0.0136. The van der Waals surface area contributed by atoms with E-state index in [2.05, 4.69) is 43.5 Å². The van der Waals surface area contributed by atoms with Gasteiger partial charge in [-0.3, -0.25) is 9.59 Å². The summed E-state index contributed by atoms with van der Waals surface area (Å²) in [5.41, 5.74) is 0. The van der Waals surface area contributed by atoms with E-state index in [1.165, 1.54) is 347 Å². The lowest BCUT2D eigenvalue weighted by Crippen LogP contribution is -2.45. The van der Waals surface area contributed by atoms with Crippen LogP contribution in [0.4, 0.5) is 0 Å². The molecule has 0 radical (unpaired) electrons. The molecule has 0 aromatic heterocycles. The molecule has 6 heteroatoms. The Labute approximate surface area is 513 Å². The first kappa shape index (κ1) is 80.3. The summed E-state index contributed by atoms with van der Waals surface area (Å²) >= 11 is 0. The van der Waals surface area contributed by atoms with Crippen molar-refractivity contribution in [1.29, 1.82) is 0 Å². The summed E-state index contributed by atoms with van der Waals surface area (Å²) in [5.74, 6) is -0.0171. The van der Waals surface area contributed by atoms with Gasteiger partial charge in [-0.2, -0.15) is 0 Å². The van der Waals surface area contributed by atoms with Gasteiger partial charge in [0.1, 0.15) is 0 Å². The lowest BCUT2D eigenvalue weighted by atomic mass is 10.0. The highest BCUT2D eigenvalue weighted by Crippen LogP contribution is 2.19. The smallest absolute Gasteiger partial charge is 0.305 e. The van der Waals surface area contributed by atoms with Crippen molar-refractivity contribution in [3.8, 4) is 0 Å². The fraction of sp³-hybridized carbons (Fsp3) is 0.921. The first-order chi connectivity index (χ1) is 40.5. The third-order valence-corrected chi connectivity index (χ3v) is 17.8.